The Morgan fingerprint density at radius 3 is 2.21 bits per heavy atom. The Kier molecular flexibility index (Phi) is 6.17. The first-order valence-corrected chi connectivity index (χ1v) is 11.8. The van der Waals surface area contributed by atoms with Gasteiger partial charge in [0.15, 0.2) is 4.20 Å². The minimum Gasteiger partial charge on any atom is -0.386 e. The number of nitriles is 2. The Balaban J connectivity index is 2.13. The van der Waals surface area contributed by atoms with E-state index in [1.165, 1.54) is 29.6 Å². The molecule has 0 bridgehead atoms. The van der Waals surface area contributed by atoms with Gasteiger partial charge in [0, 0.05) is 12.0 Å². The first-order chi connectivity index (χ1) is 13.9. The molecule has 1 fully saturated rings. The maximum Gasteiger partial charge on any atom is 0.175 e. The van der Waals surface area contributed by atoms with E-state index in [0.717, 1.165) is 49.3 Å². The molecule has 2 N–H and O–H groups in total. The van der Waals surface area contributed by atoms with E-state index in [1.54, 1.807) is 0 Å². The number of rotatable bonds is 9. The largest absolute Gasteiger partial charge is 0.386 e. The molecule has 0 saturated heterocycles. The molecular weight excluding hydrogens is 410 g/mol. The number of benzene rings is 1. The number of nitrogens with zero attached hydrogens (tertiary/aromatic N) is 3. The van der Waals surface area contributed by atoms with Crippen LogP contribution in [0.3, 0.4) is 0 Å². The molecule has 154 valence electrons. The van der Waals surface area contributed by atoms with Crippen molar-refractivity contribution in [2.45, 2.75) is 49.7 Å². The lowest BCUT2D eigenvalue weighted by atomic mass is 9.97. The predicted octanol–water partition coefficient (Wildman–Crippen LogP) is 5.17. The molecular formula is C21H24F2N4S2. The molecule has 0 spiro atoms. The summed E-state index contributed by atoms with van der Waals surface area (Å²) < 4.78 is 27.2. The van der Waals surface area contributed by atoms with Crippen LogP contribution in [0.25, 0.3) is 0 Å². The van der Waals surface area contributed by atoms with Gasteiger partial charge in [0.1, 0.15) is 28.3 Å². The fourth-order valence-corrected chi connectivity index (χ4v) is 7.95. The van der Waals surface area contributed by atoms with Crippen LogP contribution in [-0.4, -0.2) is 21.5 Å². The summed E-state index contributed by atoms with van der Waals surface area (Å²) in [6.07, 6.45) is 3.85. The van der Waals surface area contributed by atoms with Gasteiger partial charge in [-0.15, -0.1) is 23.5 Å². The number of unbranched alkanes of at least 4 members (excludes halogenated alkanes) is 2. The smallest absolute Gasteiger partial charge is 0.175 e. The lowest BCUT2D eigenvalue weighted by Gasteiger charge is -2.32. The highest BCUT2D eigenvalue weighted by Crippen LogP contribution is 2.85. The molecule has 0 amide bonds. The Labute approximate surface area is 178 Å². The zero-order valence-electron chi connectivity index (χ0n) is 16.5. The van der Waals surface area contributed by atoms with Gasteiger partial charge in [-0.1, -0.05) is 32.8 Å². The van der Waals surface area contributed by atoms with Crippen LogP contribution in [-0.2, 0) is 0 Å². The van der Waals surface area contributed by atoms with Gasteiger partial charge in [-0.25, -0.2) is 13.8 Å². The average Bonchev–Trinajstić information content (AvgIpc) is 3.26. The SMILES string of the molecule is CCCCSC1(SCCCC)N=C(N)C2(C#N)C(c3ccc(F)cc3F)C12C#N. The molecule has 1 aromatic carbocycles. The maximum absolute atomic E-state index is 14.7. The van der Waals surface area contributed by atoms with Crippen LogP contribution in [0, 0.1) is 45.1 Å². The Bertz CT molecular complexity index is 897. The number of hydrogen-bond donors (Lipinski definition) is 1. The molecule has 29 heavy (non-hydrogen) atoms. The highest BCUT2D eigenvalue weighted by Gasteiger charge is 2.92. The fourth-order valence-electron chi connectivity index (χ4n) is 4.27. The van der Waals surface area contributed by atoms with Crippen molar-refractivity contribution in [3.05, 3.63) is 35.4 Å². The van der Waals surface area contributed by atoms with Crippen molar-refractivity contribution >= 4 is 29.4 Å². The number of halogens is 2. The topological polar surface area (TPSA) is 86.0 Å². The number of thioether (sulfide) groups is 2. The highest BCUT2D eigenvalue weighted by atomic mass is 32.2. The van der Waals surface area contributed by atoms with Crippen molar-refractivity contribution in [3.8, 4) is 12.1 Å². The van der Waals surface area contributed by atoms with Crippen LogP contribution in [0.2, 0.25) is 0 Å². The highest BCUT2D eigenvalue weighted by molar-refractivity contribution is 8.18. The van der Waals surface area contributed by atoms with Crippen molar-refractivity contribution in [2.24, 2.45) is 21.6 Å². The average molecular weight is 435 g/mol. The van der Waals surface area contributed by atoms with Gasteiger partial charge in [0.2, 0.25) is 0 Å². The number of hydrogen-bond acceptors (Lipinski definition) is 6. The molecule has 1 saturated carbocycles. The number of amidine groups is 1. The van der Waals surface area contributed by atoms with Gasteiger partial charge in [-0.2, -0.15) is 10.5 Å². The summed E-state index contributed by atoms with van der Waals surface area (Å²) in [7, 11) is 0. The third-order valence-electron chi connectivity index (χ3n) is 5.79. The summed E-state index contributed by atoms with van der Waals surface area (Å²) in [4.78, 5) is 4.68. The van der Waals surface area contributed by atoms with Crippen LogP contribution < -0.4 is 5.73 Å². The molecule has 3 unspecified atom stereocenters. The minimum absolute atomic E-state index is 0.0864. The van der Waals surface area contributed by atoms with E-state index in [0.29, 0.717) is 0 Å². The quantitative estimate of drug-likeness (QED) is 0.428. The molecule has 0 aromatic heterocycles. The van der Waals surface area contributed by atoms with Crippen LogP contribution in [0.15, 0.2) is 23.2 Å². The second-order valence-corrected chi connectivity index (χ2v) is 10.3. The van der Waals surface area contributed by atoms with Crippen molar-refractivity contribution < 1.29 is 8.78 Å². The number of aliphatic imine (C=N–C) groups is 1. The molecule has 1 aliphatic heterocycles. The molecule has 3 rings (SSSR count). The number of nitrogens with two attached hydrogens (primary N) is 1. The zero-order valence-corrected chi connectivity index (χ0v) is 18.2. The summed E-state index contributed by atoms with van der Waals surface area (Å²) >= 11 is 3.06. The minimum atomic E-state index is -1.39. The van der Waals surface area contributed by atoms with Crippen LogP contribution in [0.5, 0.6) is 0 Å². The van der Waals surface area contributed by atoms with Crippen molar-refractivity contribution in [2.75, 3.05) is 11.5 Å². The Morgan fingerprint density at radius 1 is 1.10 bits per heavy atom. The van der Waals surface area contributed by atoms with Gasteiger partial charge in [-0.3, -0.25) is 0 Å². The van der Waals surface area contributed by atoms with Gasteiger partial charge in [0.25, 0.3) is 0 Å². The number of fused-ring (bicyclic) bond motifs is 1. The summed E-state index contributed by atoms with van der Waals surface area (Å²) in [5.41, 5.74) is 3.75. The van der Waals surface area contributed by atoms with Gasteiger partial charge in [0.05, 0.1) is 12.1 Å². The van der Waals surface area contributed by atoms with E-state index in [9.17, 15) is 19.3 Å². The molecule has 1 aliphatic carbocycles. The molecule has 2 aliphatic rings. The Hall–Kier alpha value is -1.77. The van der Waals surface area contributed by atoms with Crippen LogP contribution in [0.1, 0.15) is 51.0 Å². The lowest BCUT2D eigenvalue weighted by molar-refractivity contribution is 0.542. The second-order valence-electron chi connectivity index (χ2n) is 7.42. The Morgan fingerprint density at radius 2 is 1.72 bits per heavy atom. The van der Waals surface area contributed by atoms with E-state index in [2.05, 4.69) is 31.0 Å². The molecule has 0 radical (unpaired) electrons. The van der Waals surface area contributed by atoms with Gasteiger partial charge < -0.3 is 5.73 Å². The summed E-state index contributed by atoms with van der Waals surface area (Å²) in [6, 6.07) is 7.85. The molecule has 1 aromatic rings. The first kappa shape index (κ1) is 21.9. The third kappa shape index (κ3) is 2.95. The van der Waals surface area contributed by atoms with Gasteiger partial charge >= 0.3 is 0 Å². The molecule has 1 heterocycles. The third-order valence-corrected chi connectivity index (χ3v) is 9.09. The monoisotopic (exact) mass is 434 g/mol. The van der Waals surface area contributed by atoms with E-state index in [-0.39, 0.29) is 11.4 Å². The van der Waals surface area contributed by atoms with Gasteiger partial charge in [-0.05, 0) is 36.0 Å². The lowest BCUT2D eigenvalue weighted by Crippen LogP contribution is -2.32. The second kappa shape index (κ2) is 8.16. The van der Waals surface area contributed by atoms with Crippen LogP contribution >= 0.6 is 23.5 Å². The van der Waals surface area contributed by atoms with Crippen molar-refractivity contribution in [1.82, 2.24) is 0 Å². The van der Waals surface area contributed by atoms with Crippen LogP contribution in [0.4, 0.5) is 8.78 Å². The standard InChI is InChI=1S/C21H24F2N4S2/c1-3-5-9-28-21(29-10-6-4-2)20(13-25)17(19(20,12-24)18(26)27-21)15-8-7-14(22)11-16(15)23/h7-8,11,17H,3-6,9-10H2,1-2H3,(H2,26,27). The fraction of sp³-hybridized carbons (Fsp3) is 0.571. The zero-order chi connectivity index (χ0) is 21.3. The molecule has 3 atom stereocenters. The van der Waals surface area contributed by atoms with E-state index in [4.69, 9.17) is 5.73 Å². The van der Waals surface area contributed by atoms with E-state index in [1.807, 2.05) is 0 Å². The first-order valence-electron chi connectivity index (χ1n) is 9.81. The van der Waals surface area contributed by atoms with Crippen molar-refractivity contribution in [3.63, 3.8) is 0 Å². The summed E-state index contributed by atoms with van der Waals surface area (Å²) in [5, 5.41) is 20.5. The van der Waals surface area contributed by atoms with Crippen molar-refractivity contribution in [1.29, 1.82) is 10.5 Å². The molecule has 4 nitrogen and oxygen atoms in total. The normalized spacial score (nSPS) is 28.9. The van der Waals surface area contributed by atoms with E-state index >= 15 is 0 Å². The predicted molar refractivity (Wildman–Crippen MR) is 114 cm³/mol. The molecule has 8 heteroatoms. The summed E-state index contributed by atoms with van der Waals surface area (Å²) in [6.45, 7) is 4.16. The van der Waals surface area contributed by atoms with E-state index < -0.39 is 32.6 Å². The summed E-state index contributed by atoms with van der Waals surface area (Å²) in [5.74, 6) is -0.620. The maximum atomic E-state index is 14.7.